The van der Waals surface area contributed by atoms with Crippen LogP contribution in [0.2, 0.25) is 0 Å². The van der Waals surface area contributed by atoms with Gasteiger partial charge in [0.05, 0.1) is 11.1 Å². The highest BCUT2D eigenvalue weighted by molar-refractivity contribution is 7.98. The van der Waals surface area contributed by atoms with E-state index in [0.29, 0.717) is 16.7 Å². The van der Waals surface area contributed by atoms with Gasteiger partial charge in [-0.3, -0.25) is 14.3 Å². The van der Waals surface area contributed by atoms with Crippen molar-refractivity contribution in [3.05, 3.63) is 82.3 Å². The molecule has 4 rings (SSSR count). The molecule has 0 spiro atoms. The molecular weight excluding hydrogens is 396 g/mol. The molecule has 0 aliphatic heterocycles. The van der Waals surface area contributed by atoms with Crippen LogP contribution in [-0.4, -0.2) is 26.5 Å². The maximum atomic E-state index is 13.1. The molecule has 2 heterocycles. The molecule has 0 atom stereocenters. The molecule has 0 aliphatic carbocycles. The first-order chi connectivity index (χ1) is 14.5. The van der Waals surface area contributed by atoms with Gasteiger partial charge in [-0.2, -0.15) is 0 Å². The first kappa shape index (κ1) is 20.0. The number of rotatable bonds is 5. The van der Waals surface area contributed by atoms with E-state index in [1.54, 1.807) is 34.8 Å². The molecule has 152 valence electrons. The van der Waals surface area contributed by atoms with Gasteiger partial charge in [-0.05, 0) is 73.7 Å². The number of nitrogens with zero attached hydrogens (tertiary/aromatic N) is 3. The zero-order valence-corrected chi connectivity index (χ0v) is 17.9. The number of fused-ring (bicyclic) bond motifs is 1. The lowest BCUT2D eigenvalue weighted by Crippen LogP contribution is -2.27. The number of pyridine rings is 1. The normalized spacial score (nSPS) is 11.0. The average molecular weight is 419 g/mol. The third-order valence-electron chi connectivity index (χ3n) is 5.08. The van der Waals surface area contributed by atoms with E-state index in [2.05, 4.69) is 10.3 Å². The molecule has 30 heavy (non-hydrogen) atoms. The van der Waals surface area contributed by atoms with Gasteiger partial charge in [-0.25, -0.2) is 9.67 Å². The Morgan fingerprint density at radius 2 is 1.90 bits per heavy atom. The summed E-state index contributed by atoms with van der Waals surface area (Å²) in [5.74, 6) is -0.228. The molecule has 0 saturated heterocycles. The monoisotopic (exact) mass is 418 g/mol. The van der Waals surface area contributed by atoms with Crippen molar-refractivity contribution in [1.29, 1.82) is 0 Å². The molecule has 0 radical (unpaired) electrons. The molecule has 2 aromatic heterocycles. The summed E-state index contributed by atoms with van der Waals surface area (Å²) >= 11 is 1.61. The number of aromatic nitrogens is 3. The van der Waals surface area contributed by atoms with Crippen molar-refractivity contribution in [2.45, 2.75) is 25.3 Å². The molecule has 0 unspecified atom stereocenters. The van der Waals surface area contributed by atoms with Crippen LogP contribution in [-0.2, 0) is 11.3 Å². The highest BCUT2D eigenvalue weighted by Gasteiger charge is 2.18. The van der Waals surface area contributed by atoms with Crippen molar-refractivity contribution >= 4 is 34.4 Å². The van der Waals surface area contributed by atoms with Gasteiger partial charge in [-0.15, -0.1) is 11.8 Å². The summed E-state index contributed by atoms with van der Waals surface area (Å²) in [6, 6.07) is 16.9. The standard InChI is InChI=1S/C23H22N4O2S/c1-15-9-10-18(12-16(15)2)27-23(29)20-8-5-11-24-22(20)26(27)14-21(28)25-17-6-4-7-19(13-17)30-3/h4-13H,14H2,1-3H3,(H,25,28). The van der Waals surface area contributed by atoms with E-state index in [1.807, 2.05) is 62.6 Å². The average Bonchev–Trinajstić information content (AvgIpc) is 3.02. The first-order valence-corrected chi connectivity index (χ1v) is 10.8. The van der Waals surface area contributed by atoms with Gasteiger partial charge >= 0.3 is 0 Å². The van der Waals surface area contributed by atoms with Gasteiger partial charge in [-0.1, -0.05) is 12.1 Å². The van der Waals surface area contributed by atoms with Crippen LogP contribution in [0.15, 0.2) is 70.5 Å². The summed E-state index contributed by atoms with van der Waals surface area (Å²) < 4.78 is 3.16. The first-order valence-electron chi connectivity index (χ1n) is 9.56. The second-order valence-corrected chi connectivity index (χ2v) is 7.98. The number of carbonyl (C=O) groups excluding carboxylic acids is 1. The molecule has 0 fully saturated rings. The molecule has 2 aromatic carbocycles. The van der Waals surface area contributed by atoms with Crippen LogP contribution in [0.25, 0.3) is 16.7 Å². The highest BCUT2D eigenvalue weighted by atomic mass is 32.2. The van der Waals surface area contributed by atoms with Crippen LogP contribution < -0.4 is 10.9 Å². The molecule has 6 nitrogen and oxygen atoms in total. The lowest BCUT2D eigenvalue weighted by Gasteiger charge is -2.14. The summed E-state index contributed by atoms with van der Waals surface area (Å²) in [4.78, 5) is 31.4. The van der Waals surface area contributed by atoms with Crippen molar-refractivity contribution in [1.82, 2.24) is 14.3 Å². The summed E-state index contributed by atoms with van der Waals surface area (Å²) in [5.41, 5.74) is 3.92. The molecule has 1 amide bonds. The number of benzene rings is 2. The Hall–Kier alpha value is -3.32. The highest BCUT2D eigenvalue weighted by Crippen LogP contribution is 2.20. The zero-order chi connectivity index (χ0) is 21.3. The van der Waals surface area contributed by atoms with E-state index in [9.17, 15) is 9.59 Å². The number of carbonyl (C=O) groups is 1. The van der Waals surface area contributed by atoms with E-state index in [4.69, 9.17) is 0 Å². The van der Waals surface area contributed by atoms with Crippen molar-refractivity contribution in [3.8, 4) is 5.69 Å². The van der Waals surface area contributed by atoms with Gasteiger partial charge in [0.25, 0.3) is 5.56 Å². The largest absolute Gasteiger partial charge is 0.324 e. The fourth-order valence-electron chi connectivity index (χ4n) is 3.38. The molecule has 0 bridgehead atoms. The fraction of sp³-hybridized carbons (Fsp3) is 0.174. The van der Waals surface area contributed by atoms with Crippen molar-refractivity contribution in [2.24, 2.45) is 0 Å². The number of hydrogen-bond donors (Lipinski definition) is 1. The topological polar surface area (TPSA) is 68.9 Å². The molecule has 4 aromatic rings. The summed E-state index contributed by atoms with van der Waals surface area (Å²) in [6.07, 6.45) is 3.61. The number of anilines is 1. The summed E-state index contributed by atoms with van der Waals surface area (Å²) in [6.45, 7) is 3.99. The van der Waals surface area contributed by atoms with E-state index in [1.165, 1.54) is 4.68 Å². The van der Waals surface area contributed by atoms with Crippen LogP contribution in [0.4, 0.5) is 5.69 Å². The van der Waals surface area contributed by atoms with Crippen molar-refractivity contribution in [3.63, 3.8) is 0 Å². The van der Waals surface area contributed by atoms with Crippen LogP contribution >= 0.6 is 11.8 Å². The van der Waals surface area contributed by atoms with E-state index < -0.39 is 0 Å². The molecule has 0 aliphatic rings. The molecule has 7 heteroatoms. The van der Waals surface area contributed by atoms with Gasteiger partial charge in [0.2, 0.25) is 5.91 Å². The minimum Gasteiger partial charge on any atom is -0.324 e. The SMILES string of the molecule is CSc1cccc(NC(=O)Cn2c3ncccc3c(=O)n2-c2ccc(C)c(C)c2)c1. The third kappa shape index (κ3) is 3.76. The second-order valence-electron chi connectivity index (χ2n) is 7.10. The van der Waals surface area contributed by atoms with Gasteiger partial charge < -0.3 is 5.32 Å². The fourth-order valence-corrected chi connectivity index (χ4v) is 3.84. The van der Waals surface area contributed by atoms with Gasteiger partial charge in [0, 0.05) is 16.8 Å². The smallest absolute Gasteiger partial charge is 0.280 e. The molecule has 0 saturated carbocycles. The minimum absolute atomic E-state index is 0.0355. The number of hydrogen-bond acceptors (Lipinski definition) is 4. The van der Waals surface area contributed by atoms with Crippen LogP contribution in [0.1, 0.15) is 11.1 Å². The Kier molecular flexibility index (Phi) is 5.46. The Labute approximate surface area is 178 Å². The lowest BCUT2D eigenvalue weighted by molar-refractivity contribution is -0.116. The number of nitrogens with one attached hydrogen (secondary N) is 1. The maximum Gasteiger partial charge on any atom is 0.280 e. The number of thioether (sulfide) groups is 1. The summed E-state index contributed by atoms with van der Waals surface area (Å²) in [5, 5.41) is 3.40. The summed E-state index contributed by atoms with van der Waals surface area (Å²) in [7, 11) is 0. The quantitative estimate of drug-likeness (QED) is 0.494. The Bertz CT molecular complexity index is 1310. The van der Waals surface area contributed by atoms with Crippen LogP contribution in [0.3, 0.4) is 0 Å². The lowest BCUT2D eigenvalue weighted by atomic mass is 10.1. The minimum atomic E-state index is -0.228. The Morgan fingerprint density at radius 1 is 1.07 bits per heavy atom. The Morgan fingerprint density at radius 3 is 2.67 bits per heavy atom. The predicted molar refractivity (Wildman–Crippen MR) is 122 cm³/mol. The number of aryl methyl sites for hydroxylation is 2. The van der Waals surface area contributed by atoms with Crippen molar-refractivity contribution in [2.75, 3.05) is 11.6 Å². The van der Waals surface area contributed by atoms with E-state index in [0.717, 1.165) is 21.7 Å². The molecule has 1 N–H and O–H groups in total. The Balaban J connectivity index is 1.76. The molecular formula is C23H22N4O2S. The van der Waals surface area contributed by atoms with Crippen LogP contribution in [0, 0.1) is 13.8 Å². The maximum absolute atomic E-state index is 13.1. The zero-order valence-electron chi connectivity index (χ0n) is 17.0. The van der Waals surface area contributed by atoms with Gasteiger partial charge in [0.1, 0.15) is 6.54 Å². The van der Waals surface area contributed by atoms with Crippen LogP contribution in [0.5, 0.6) is 0 Å². The second kappa shape index (κ2) is 8.20. The number of amides is 1. The van der Waals surface area contributed by atoms with Crippen molar-refractivity contribution < 1.29 is 4.79 Å². The predicted octanol–water partition coefficient (Wildman–Crippen LogP) is 4.16. The van der Waals surface area contributed by atoms with E-state index in [-0.39, 0.29) is 18.0 Å². The third-order valence-corrected chi connectivity index (χ3v) is 5.80. The van der Waals surface area contributed by atoms with E-state index >= 15 is 0 Å². The van der Waals surface area contributed by atoms with Gasteiger partial charge in [0.15, 0.2) is 5.65 Å².